The Hall–Kier alpha value is -0.920. The van der Waals surface area contributed by atoms with Crippen molar-refractivity contribution in [3.05, 3.63) is 22.4 Å². The molecule has 100 valence electrons. The normalized spacial score (nSPS) is 20.6. The van der Waals surface area contributed by atoms with Gasteiger partial charge in [0.05, 0.1) is 5.75 Å². The van der Waals surface area contributed by atoms with E-state index in [4.69, 9.17) is 5.14 Å². The minimum Gasteiger partial charge on any atom is -0.342 e. The monoisotopic (exact) mass is 288 g/mol. The van der Waals surface area contributed by atoms with Gasteiger partial charge in [0, 0.05) is 25.4 Å². The van der Waals surface area contributed by atoms with Crippen LogP contribution in [0, 0.1) is 5.92 Å². The van der Waals surface area contributed by atoms with Crippen LogP contribution in [0.4, 0.5) is 0 Å². The van der Waals surface area contributed by atoms with Crippen LogP contribution in [0.5, 0.6) is 0 Å². The summed E-state index contributed by atoms with van der Waals surface area (Å²) >= 11 is 1.63. The molecule has 0 saturated carbocycles. The Labute approximate surface area is 111 Å². The summed E-state index contributed by atoms with van der Waals surface area (Å²) in [6, 6.07) is 2.03. The van der Waals surface area contributed by atoms with E-state index >= 15 is 0 Å². The Morgan fingerprint density at radius 1 is 1.50 bits per heavy atom. The summed E-state index contributed by atoms with van der Waals surface area (Å²) in [5.41, 5.74) is 1.21. The van der Waals surface area contributed by atoms with Gasteiger partial charge in [0.15, 0.2) is 0 Å². The van der Waals surface area contributed by atoms with Gasteiger partial charge in [0.25, 0.3) is 0 Å². The van der Waals surface area contributed by atoms with Gasteiger partial charge >= 0.3 is 0 Å². The summed E-state index contributed by atoms with van der Waals surface area (Å²) in [6.45, 7) is 1.15. The lowest BCUT2D eigenvalue weighted by Crippen LogP contribution is -2.29. The summed E-state index contributed by atoms with van der Waals surface area (Å²) in [5.74, 6) is -0.234. The first-order chi connectivity index (χ1) is 8.44. The van der Waals surface area contributed by atoms with Gasteiger partial charge in [-0.1, -0.05) is 0 Å². The zero-order valence-electron chi connectivity index (χ0n) is 9.91. The number of carbonyl (C=O) groups is 1. The number of amides is 1. The van der Waals surface area contributed by atoms with Crippen molar-refractivity contribution in [3.63, 3.8) is 0 Å². The van der Waals surface area contributed by atoms with E-state index in [0.29, 0.717) is 19.5 Å². The molecule has 1 unspecified atom stereocenters. The first-order valence-corrected chi connectivity index (χ1v) is 8.39. The number of thiophene rings is 1. The topological polar surface area (TPSA) is 80.5 Å². The molecule has 5 nitrogen and oxygen atoms in total. The first-order valence-electron chi connectivity index (χ1n) is 5.73. The van der Waals surface area contributed by atoms with Crippen LogP contribution >= 0.6 is 11.3 Å². The molecule has 18 heavy (non-hydrogen) atoms. The highest BCUT2D eigenvalue weighted by atomic mass is 32.2. The third kappa shape index (κ3) is 3.79. The number of hydrogen-bond acceptors (Lipinski definition) is 4. The fourth-order valence-electron chi connectivity index (χ4n) is 2.21. The van der Waals surface area contributed by atoms with Crippen LogP contribution in [-0.4, -0.2) is 38.1 Å². The molecule has 0 aliphatic carbocycles. The molecule has 1 fully saturated rings. The van der Waals surface area contributed by atoms with Crippen molar-refractivity contribution >= 4 is 27.3 Å². The lowest BCUT2D eigenvalue weighted by Gasteiger charge is -2.15. The van der Waals surface area contributed by atoms with E-state index < -0.39 is 10.0 Å². The van der Waals surface area contributed by atoms with E-state index in [1.165, 1.54) is 5.56 Å². The fraction of sp³-hybridized carbons (Fsp3) is 0.545. The maximum Gasteiger partial charge on any atom is 0.222 e. The molecule has 1 saturated heterocycles. The standard InChI is InChI=1S/C11H16N2O3S2/c12-18(15,16)8-10-5-11(14)13(6-10)3-1-9-2-4-17-7-9/h2,4,7,10H,1,3,5-6,8H2,(H2,12,15,16). The third-order valence-corrected chi connectivity index (χ3v) is 4.68. The van der Waals surface area contributed by atoms with Crippen LogP contribution < -0.4 is 5.14 Å². The SMILES string of the molecule is NS(=O)(=O)CC1CC(=O)N(CCc2ccsc2)C1. The van der Waals surface area contributed by atoms with E-state index in [9.17, 15) is 13.2 Å². The number of hydrogen-bond donors (Lipinski definition) is 1. The minimum absolute atomic E-state index is 0.0267. The van der Waals surface area contributed by atoms with Gasteiger partial charge in [-0.2, -0.15) is 11.3 Å². The largest absolute Gasteiger partial charge is 0.342 e. The number of nitrogens with two attached hydrogens (primary N) is 1. The van der Waals surface area contributed by atoms with Gasteiger partial charge < -0.3 is 4.90 Å². The van der Waals surface area contributed by atoms with Crippen LogP contribution in [-0.2, 0) is 21.2 Å². The fourth-order valence-corrected chi connectivity index (χ4v) is 3.79. The smallest absolute Gasteiger partial charge is 0.222 e. The number of carbonyl (C=O) groups excluding carboxylic acids is 1. The van der Waals surface area contributed by atoms with Gasteiger partial charge in [-0.25, -0.2) is 13.6 Å². The van der Waals surface area contributed by atoms with E-state index in [1.54, 1.807) is 16.2 Å². The van der Waals surface area contributed by atoms with Gasteiger partial charge in [-0.15, -0.1) is 0 Å². The Morgan fingerprint density at radius 2 is 2.28 bits per heavy atom. The molecule has 0 bridgehead atoms. The number of nitrogens with zero attached hydrogens (tertiary/aromatic N) is 1. The summed E-state index contributed by atoms with van der Waals surface area (Å²) in [5, 5.41) is 9.06. The van der Waals surface area contributed by atoms with Crippen LogP contribution in [0.2, 0.25) is 0 Å². The van der Waals surface area contributed by atoms with E-state index in [0.717, 1.165) is 6.42 Å². The zero-order valence-corrected chi connectivity index (χ0v) is 11.5. The molecule has 1 aromatic rings. The Morgan fingerprint density at radius 3 is 2.89 bits per heavy atom. The number of likely N-dealkylation sites (tertiary alicyclic amines) is 1. The first kappa shape index (κ1) is 13.5. The van der Waals surface area contributed by atoms with Crippen molar-refractivity contribution in [2.24, 2.45) is 11.1 Å². The van der Waals surface area contributed by atoms with Crippen molar-refractivity contribution in [1.82, 2.24) is 4.90 Å². The van der Waals surface area contributed by atoms with Gasteiger partial charge in [-0.3, -0.25) is 4.79 Å². The number of primary sulfonamides is 1. The molecule has 2 N–H and O–H groups in total. The van der Waals surface area contributed by atoms with Crippen molar-refractivity contribution < 1.29 is 13.2 Å². The summed E-state index contributed by atoms with van der Waals surface area (Å²) in [4.78, 5) is 13.5. The number of sulfonamides is 1. The van der Waals surface area contributed by atoms with Crippen LogP contribution in [0.25, 0.3) is 0 Å². The van der Waals surface area contributed by atoms with Crippen LogP contribution in [0.3, 0.4) is 0 Å². The maximum atomic E-state index is 11.7. The minimum atomic E-state index is -3.49. The Kier molecular flexibility index (Phi) is 4.04. The van der Waals surface area contributed by atoms with Gasteiger partial charge in [0.1, 0.15) is 0 Å². The number of rotatable bonds is 5. The summed E-state index contributed by atoms with van der Waals surface area (Å²) in [6.07, 6.45) is 1.11. The highest BCUT2D eigenvalue weighted by Crippen LogP contribution is 2.19. The second-order valence-corrected chi connectivity index (χ2v) is 7.06. The van der Waals surface area contributed by atoms with E-state index in [-0.39, 0.29) is 17.6 Å². The maximum absolute atomic E-state index is 11.7. The van der Waals surface area contributed by atoms with Crippen molar-refractivity contribution in [1.29, 1.82) is 0 Å². The molecule has 2 heterocycles. The van der Waals surface area contributed by atoms with Crippen molar-refractivity contribution in [3.8, 4) is 0 Å². The predicted molar refractivity (Wildman–Crippen MR) is 70.7 cm³/mol. The molecule has 2 rings (SSSR count). The average Bonchev–Trinajstić information content (AvgIpc) is 2.83. The predicted octanol–water partition coefficient (Wildman–Crippen LogP) is 0.428. The molecule has 1 atom stereocenters. The van der Waals surface area contributed by atoms with Crippen molar-refractivity contribution in [2.75, 3.05) is 18.8 Å². The molecular formula is C11H16N2O3S2. The lowest BCUT2D eigenvalue weighted by molar-refractivity contribution is -0.127. The second-order valence-electron chi connectivity index (χ2n) is 4.62. The van der Waals surface area contributed by atoms with Gasteiger partial charge in [0.2, 0.25) is 15.9 Å². The molecule has 0 radical (unpaired) electrons. The summed E-state index contributed by atoms with van der Waals surface area (Å²) in [7, 11) is -3.49. The molecule has 7 heteroatoms. The molecule has 0 spiro atoms. The molecule has 1 amide bonds. The quantitative estimate of drug-likeness (QED) is 0.853. The molecule has 1 aliphatic rings. The highest BCUT2D eigenvalue weighted by Gasteiger charge is 2.31. The summed E-state index contributed by atoms with van der Waals surface area (Å²) < 4.78 is 22.0. The van der Waals surface area contributed by atoms with Crippen LogP contribution in [0.15, 0.2) is 16.8 Å². The third-order valence-electron chi connectivity index (χ3n) is 3.01. The Balaban J connectivity index is 1.86. The Bertz CT molecular complexity index is 510. The van der Waals surface area contributed by atoms with Crippen molar-refractivity contribution in [2.45, 2.75) is 12.8 Å². The molecular weight excluding hydrogens is 272 g/mol. The van der Waals surface area contributed by atoms with E-state index in [2.05, 4.69) is 5.38 Å². The van der Waals surface area contributed by atoms with E-state index in [1.807, 2.05) is 11.4 Å². The zero-order chi connectivity index (χ0) is 13.2. The van der Waals surface area contributed by atoms with Crippen LogP contribution in [0.1, 0.15) is 12.0 Å². The molecule has 1 aromatic heterocycles. The molecule has 1 aliphatic heterocycles. The lowest BCUT2D eigenvalue weighted by atomic mass is 10.1. The highest BCUT2D eigenvalue weighted by molar-refractivity contribution is 7.89. The molecule has 0 aromatic carbocycles. The van der Waals surface area contributed by atoms with Gasteiger partial charge in [-0.05, 0) is 28.8 Å². The average molecular weight is 288 g/mol. The second kappa shape index (κ2) is 5.38.